The topological polar surface area (TPSA) is 101 Å². The van der Waals surface area contributed by atoms with Gasteiger partial charge in [0.1, 0.15) is 23.4 Å². The van der Waals surface area contributed by atoms with Crippen molar-refractivity contribution in [1.29, 1.82) is 0 Å². The van der Waals surface area contributed by atoms with Crippen LogP contribution in [0.5, 0.6) is 0 Å². The molecule has 7 nitrogen and oxygen atoms in total. The Morgan fingerprint density at radius 3 is 2.81 bits per heavy atom. The largest absolute Gasteiger partial charge is 0.438 e. The Kier molecular flexibility index (Phi) is 4.19. The smallest absolute Gasteiger partial charge is 0.319 e. The number of primary amides is 1. The fourth-order valence-electron chi connectivity index (χ4n) is 3.09. The van der Waals surface area contributed by atoms with Crippen LogP contribution in [0.3, 0.4) is 0 Å². The van der Waals surface area contributed by atoms with Gasteiger partial charge in [0.25, 0.3) is 0 Å². The molecule has 27 heavy (non-hydrogen) atoms. The molecule has 1 aromatic heterocycles. The second-order valence-corrected chi connectivity index (χ2v) is 6.56. The van der Waals surface area contributed by atoms with Crippen LogP contribution in [0.1, 0.15) is 17.5 Å². The SMILES string of the molecule is NC(=O)C1CN([C@@H](c2ccc(F)c(Cl)c2)c2nc3ccccc3o2)C(=O)N1. The van der Waals surface area contributed by atoms with E-state index in [2.05, 4.69) is 10.3 Å². The van der Waals surface area contributed by atoms with Crippen LogP contribution in [0.2, 0.25) is 5.02 Å². The first-order valence-corrected chi connectivity index (χ1v) is 8.48. The summed E-state index contributed by atoms with van der Waals surface area (Å²) in [5, 5.41) is 2.42. The lowest BCUT2D eigenvalue weighted by molar-refractivity contribution is -0.119. The van der Waals surface area contributed by atoms with Gasteiger partial charge in [-0.15, -0.1) is 0 Å². The van der Waals surface area contributed by atoms with Gasteiger partial charge in [-0.1, -0.05) is 29.8 Å². The van der Waals surface area contributed by atoms with Crippen LogP contribution in [0.15, 0.2) is 46.9 Å². The molecule has 3 amide bonds. The fraction of sp³-hybridized carbons (Fsp3) is 0.167. The van der Waals surface area contributed by atoms with Crippen LogP contribution in [0.25, 0.3) is 11.1 Å². The summed E-state index contributed by atoms with van der Waals surface area (Å²) in [5.74, 6) is -1.02. The first-order chi connectivity index (χ1) is 12.9. The van der Waals surface area contributed by atoms with Crippen molar-refractivity contribution >= 4 is 34.6 Å². The molecule has 1 saturated heterocycles. The van der Waals surface area contributed by atoms with Crippen LogP contribution in [-0.4, -0.2) is 34.4 Å². The molecule has 0 aliphatic carbocycles. The Labute approximate surface area is 157 Å². The molecule has 3 aromatic rings. The lowest BCUT2D eigenvalue weighted by Crippen LogP contribution is -2.39. The zero-order valence-corrected chi connectivity index (χ0v) is 14.6. The summed E-state index contributed by atoms with van der Waals surface area (Å²) in [7, 11) is 0. The maximum atomic E-state index is 13.6. The highest BCUT2D eigenvalue weighted by Gasteiger charge is 2.40. The van der Waals surface area contributed by atoms with Gasteiger partial charge >= 0.3 is 6.03 Å². The van der Waals surface area contributed by atoms with Crippen molar-refractivity contribution in [2.45, 2.75) is 12.1 Å². The lowest BCUT2D eigenvalue weighted by atomic mass is 10.0. The van der Waals surface area contributed by atoms with Gasteiger partial charge in [-0.05, 0) is 29.8 Å². The number of benzene rings is 2. The number of hydrogen-bond acceptors (Lipinski definition) is 4. The predicted molar refractivity (Wildman–Crippen MR) is 95.5 cm³/mol. The molecule has 2 heterocycles. The minimum absolute atomic E-state index is 0.0204. The number of carbonyl (C=O) groups is 2. The minimum Gasteiger partial charge on any atom is -0.438 e. The van der Waals surface area contributed by atoms with Crippen molar-refractivity contribution in [1.82, 2.24) is 15.2 Å². The molecule has 1 unspecified atom stereocenters. The molecular weight excluding hydrogens is 375 g/mol. The van der Waals surface area contributed by atoms with E-state index in [0.717, 1.165) is 0 Å². The maximum absolute atomic E-state index is 13.6. The third-order valence-electron chi connectivity index (χ3n) is 4.40. The predicted octanol–water partition coefficient (Wildman–Crippen LogP) is 2.59. The Bertz CT molecular complexity index is 1020. The third kappa shape index (κ3) is 3.08. The molecule has 4 rings (SSSR count). The average Bonchev–Trinajstić information content (AvgIpc) is 3.22. The van der Waals surface area contributed by atoms with Crippen molar-refractivity contribution in [3.8, 4) is 0 Å². The van der Waals surface area contributed by atoms with Gasteiger partial charge in [-0.2, -0.15) is 0 Å². The number of urea groups is 1. The summed E-state index contributed by atoms with van der Waals surface area (Å²) >= 11 is 5.93. The van der Waals surface area contributed by atoms with Crippen LogP contribution in [0, 0.1) is 5.82 Å². The van der Waals surface area contributed by atoms with Crippen LogP contribution in [0.4, 0.5) is 9.18 Å². The fourth-order valence-corrected chi connectivity index (χ4v) is 3.28. The van der Waals surface area contributed by atoms with Crippen LogP contribution in [-0.2, 0) is 4.79 Å². The number of carbonyl (C=O) groups excluding carboxylic acids is 2. The van der Waals surface area contributed by atoms with E-state index in [1.54, 1.807) is 18.2 Å². The molecule has 2 atom stereocenters. The molecule has 9 heteroatoms. The zero-order valence-electron chi connectivity index (χ0n) is 13.9. The molecule has 0 radical (unpaired) electrons. The van der Waals surface area contributed by atoms with E-state index in [0.29, 0.717) is 16.7 Å². The zero-order chi connectivity index (χ0) is 19.1. The molecule has 0 saturated carbocycles. The van der Waals surface area contributed by atoms with Gasteiger partial charge in [0.05, 0.1) is 11.6 Å². The van der Waals surface area contributed by atoms with Crippen LogP contribution < -0.4 is 11.1 Å². The second-order valence-electron chi connectivity index (χ2n) is 6.15. The van der Waals surface area contributed by atoms with E-state index in [-0.39, 0.29) is 17.5 Å². The summed E-state index contributed by atoms with van der Waals surface area (Å²) in [6, 6.07) is 9.06. The summed E-state index contributed by atoms with van der Waals surface area (Å²) < 4.78 is 19.5. The normalized spacial score (nSPS) is 17.9. The van der Waals surface area contributed by atoms with E-state index in [1.165, 1.54) is 23.1 Å². The van der Waals surface area contributed by atoms with Gasteiger partial charge in [-0.3, -0.25) is 4.79 Å². The Balaban J connectivity index is 1.83. The first kappa shape index (κ1) is 17.3. The molecular formula is C18H14ClFN4O3. The maximum Gasteiger partial charge on any atom is 0.319 e. The van der Waals surface area contributed by atoms with Crippen molar-refractivity contribution in [2.75, 3.05) is 6.54 Å². The van der Waals surface area contributed by atoms with Gasteiger partial charge in [0, 0.05) is 0 Å². The van der Waals surface area contributed by atoms with Crippen molar-refractivity contribution in [2.24, 2.45) is 5.73 Å². The molecule has 0 bridgehead atoms. The Hall–Kier alpha value is -3.13. The third-order valence-corrected chi connectivity index (χ3v) is 4.69. The highest BCUT2D eigenvalue weighted by molar-refractivity contribution is 6.30. The van der Waals surface area contributed by atoms with Gasteiger partial charge in [0.15, 0.2) is 5.58 Å². The molecule has 0 spiro atoms. The Morgan fingerprint density at radius 2 is 2.15 bits per heavy atom. The highest BCUT2D eigenvalue weighted by atomic mass is 35.5. The first-order valence-electron chi connectivity index (χ1n) is 8.11. The number of nitrogens with zero attached hydrogens (tertiary/aromatic N) is 2. The molecule has 1 aliphatic rings. The summed E-state index contributed by atoms with van der Waals surface area (Å²) in [6.07, 6.45) is 0. The van der Waals surface area contributed by atoms with Gasteiger partial charge in [-0.25, -0.2) is 14.2 Å². The second kappa shape index (κ2) is 6.55. The van der Waals surface area contributed by atoms with E-state index in [9.17, 15) is 14.0 Å². The number of hydrogen-bond donors (Lipinski definition) is 2. The number of oxazole rings is 1. The van der Waals surface area contributed by atoms with E-state index >= 15 is 0 Å². The number of rotatable bonds is 4. The molecule has 138 valence electrons. The van der Waals surface area contributed by atoms with Crippen LogP contribution >= 0.6 is 11.6 Å². The number of fused-ring (bicyclic) bond motifs is 1. The molecule has 1 aliphatic heterocycles. The number of halogens is 2. The quantitative estimate of drug-likeness (QED) is 0.717. The standard InChI is InChI=1S/C18H14ClFN4O3/c19-10-7-9(5-6-11(10)20)15(24-8-13(16(21)25)23-18(24)26)17-22-12-3-1-2-4-14(12)27-17/h1-7,13,15H,8H2,(H2,21,25)(H,23,26)/t13?,15-/m0/s1. The average molecular weight is 389 g/mol. The Morgan fingerprint density at radius 1 is 1.37 bits per heavy atom. The van der Waals surface area contributed by atoms with Gasteiger partial charge < -0.3 is 20.4 Å². The number of nitrogens with one attached hydrogen (secondary N) is 1. The number of amides is 3. The number of nitrogens with two attached hydrogens (primary N) is 1. The van der Waals surface area contributed by atoms with Crippen molar-refractivity contribution < 1.29 is 18.4 Å². The minimum atomic E-state index is -0.847. The van der Waals surface area contributed by atoms with E-state index < -0.39 is 29.8 Å². The molecule has 3 N–H and O–H groups in total. The number of aromatic nitrogens is 1. The van der Waals surface area contributed by atoms with E-state index in [1.807, 2.05) is 6.07 Å². The monoisotopic (exact) mass is 388 g/mol. The summed E-state index contributed by atoms with van der Waals surface area (Å²) in [5.41, 5.74) is 6.96. The summed E-state index contributed by atoms with van der Waals surface area (Å²) in [4.78, 5) is 29.8. The van der Waals surface area contributed by atoms with Gasteiger partial charge in [0.2, 0.25) is 11.8 Å². The lowest BCUT2D eigenvalue weighted by Gasteiger charge is -2.24. The van der Waals surface area contributed by atoms with Crippen molar-refractivity contribution in [3.05, 3.63) is 64.8 Å². The van der Waals surface area contributed by atoms with E-state index in [4.69, 9.17) is 21.8 Å². The summed E-state index contributed by atoms with van der Waals surface area (Å²) in [6.45, 7) is 0.0204. The number of para-hydroxylation sites is 2. The highest BCUT2D eigenvalue weighted by Crippen LogP contribution is 2.34. The van der Waals surface area contributed by atoms with Crippen molar-refractivity contribution in [3.63, 3.8) is 0 Å². The molecule has 1 fully saturated rings. The molecule has 2 aromatic carbocycles.